The second kappa shape index (κ2) is 6.37. The zero-order chi connectivity index (χ0) is 16.6. The van der Waals surface area contributed by atoms with Crippen molar-refractivity contribution in [2.45, 2.75) is 56.3 Å². The lowest BCUT2D eigenvalue weighted by Crippen LogP contribution is -2.58. The van der Waals surface area contributed by atoms with Gasteiger partial charge in [0.1, 0.15) is 0 Å². The normalized spacial score (nSPS) is 31.5. The number of rotatable bonds is 6. The van der Waals surface area contributed by atoms with E-state index in [1.807, 2.05) is 4.90 Å². The number of sulfonamides is 1. The minimum absolute atomic E-state index is 0.0542. The van der Waals surface area contributed by atoms with Crippen molar-refractivity contribution in [3.63, 3.8) is 0 Å². The van der Waals surface area contributed by atoms with E-state index in [4.69, 9.17) is 0 Å². The van der Waals surface area contributed by atoms with Crippen LogP contribution in [0, 0.1) is 0 Å². The maximum Gasteiger partial charge on any atom is 0.237 e. The lowest BCUT2D eigenvalue weighted by atomic mass is 10.0. The maximum atomic E-state index is 12.0. The lowest BCUT2D eigenvalue weighted by molar-refractivity contribution is -0.129. The van der Waals surface area contributed by atoms with Gasteiger partial charge in [-0.15, -0.1) is 0 Å². The van der Waals surface area contributed by atoms with Crippen molar-refractivity contribution in [1.29, 1.82) is 0 Å². The highest BCUT2D eigenvalue weighted by molar-refractivity contribution is 7.88. The van der Waals surface area contributed by atoms with Gasteiger partial charge in [0.25, 0.3) is 0 Å². The van der Waals surface area contributed by atoms with E-state index in [2.05, 4.69) is 15.4 Å². The van der Waals surface area contributed by atoms with Gasteiger partial charge in [0.05, 0.1) is 12.3 Å². The molecular formula is C14H24N4O4S. The Morgan fingerprint density at radius 2 is 2.09 bits per heavy atom. The molecule has 3 fully saturated rings. The summed E-state index contributed by atoms with van der Waals surface area (Å²) >= 11 is 0. The molecule has 0 bridgehead atoms. The second-order valence-corrected chi connectivity index (χ2v) is 8.59. The van der Waals surface area contributed by atoms with Gasteiger partial charge < -0.3 is 10.6 Å². The zero-order valence-corrected chi connectivity index (χ0v) is 14.1. The number of hydrogen-bond acceptors (Lipinski definition) is 5. The molecule has 0 aromatic rings. The van der Waals surface area contributed by atoms with Crippen molar-refractivity contribution in [2.75, 3.05) is 19.3 Å². The van der Waals surface area contributed by atoms with E-state index in [9.17, 15) is 18.0 Å². The summed E-state index contributed by atoms with van der Waals surface area (Å²) in [6.45, 7) is 1.03. The first-order valence-corrected chi connectivity index (χ1v) is 10.0. The van der Waals surface area contributed by atoms with Crippen molar-refractivity contribution in [1.82, 2.24) is 20.3 Å². The summed E-state index contributed by atoms with van der Waals surface area (Å²) in [5.41, 5.74) is 0. The first-order chi connectivity index (χ1) is 10.8. The number of fused-ring (bicyclic) bond motifs is 1. The Morgan fingerprint density at radius 3 is 2.74 bits per heavy atom. The summed E-state index contributed by atoms with van der Waals surface area (Å²) in [6, 6.07) is -0.119. The standard InChI is InChI=1S/C14H24N4O4S/c1-23(21,22)17-10-6-12-14(20)15-7-11(18(12)8-10)4-5-13(19)16-9-2-3-9/h9-12,17H,2-8H2,1H3,(H,15,20)(H,16,19)/t10-,11+,12-/m0/s1. The summed E-state index contributed by atoms with van der Waals surface area (Å²) in [7, 11) is -3.29. The largest absolute Gasteiger partial charge is 0.353 e. The Bertz CT molecular complexity index is 590. The lowest BCUT2D eigenvalue weighted by Gasteiger charge is -2.37. The van der Waals surface area contributed by atoms with Gasteiger partial charge in [-0.2, -0.15) is 0 Å². The molecule has 2 aliphatic heterocycles. The maximum absolute atomic E-state index is 12.0. The molecule has 0 unspecified atom stereocenters. The Balaban J connectivity index is 1.56. The molecule has 1 saturated carbocycles. The van der Waals surface area contributed by atoms with Crippen LogP contribution in [0.2, 0.25) is 0 Å². The average molecular weight is 344 g/mol. The average Bonchev–Trinajstić information content (AvgIpc) is 3.14. The third kappa shape index (κ3) is 4.42. The molecule has 1 aliphatic carbocycles. The molecule has 2 amide bonds. The van der Waals surface area contributed by atoms with Gasteiger partial charge in [-0.3, -0.25) is 14.5 Å². The van der Waals surface area contributed by atoms with Gasteiger partial charge in [-0.05, 0) is 25.7 Å². The molecule has 0 radical (unpaired) electrons. The van der Waals surface area contributed by atoms with Crippen LogP contribution in [0.5, 0.6) is 0 Å². The third-order valence-electron chi connectivity index (χ3n) is 4.65. The van der Waals surface area contributed by atoms with Crippen LogP contribution in [-0.2, 0) is 19.6 Å². The van der Waals surface area contributed by atoms with Crippen molar-refractivity contribution < 1.29 is 18.0 Å². The van der Waals surface area contributed by atoms with Gasteiger partial charge in [-0.1, -0.05) is 0 Å². The SMILES string of the molecule is CS(=O)(=O)N[C@H]1C[C@H]2C(=O)NC[C@@H](CCC(=O)NC3CC3)N2C1. The fraction of sp³-hybridized carbons (Fsp3) is 0.857. The smallest absolute Gasteiger partial charge is 0.237 e. The van der Waals surface area contributed by atoms with E-state index >= 15 is 0 Å². The Labute approximate surface area is 136 Å². The highest BCUT2D eigenvalue weighted by Crippen LogP contribution is 2.26. The predicted octanol–water partition coefficient (Wildman–Crippen LogP) is -1.46. The van der Waals surface area contributed by atoms with Gasteiger partial charge in [0.2, 0.25) is 21.8 Å². The molecule has 3 aliphatic rings. The molecule has 0 aromatic carbocycles. The minimum Gasteiger partial charge on any atom is -0.353 e. The van der Waals surface area contributed by atoms with Crippen LogP contribution in [0.15, 0.2) is 0 Å². The molecule has 2 saturated heterocycles. The van der Waals surface area contributed by atoms with Crippen LogP contribution in [0.25, 0.3) is 0 Å². The molecule has 3 atom stereocenters. The first kappa shape index (κ1) is 16.7. The second-order valence-electron chi connectivity index (χ2n) is 6.81. The number of carbonyl (C=O) groups is 2. The molecule has 0 aromatic heterocycles. The van der Waals surface area contributed by atoms with E-state index in [0.717, 1.165) is 19.1 Å². The van der Waals surface area contributed by atoms with E-state index in [-0.39, 0.29) is 29.9 Å². The van der Waals surface area contributed by atoms with Crippen molar-refractivity contribution in [3.8, 4) is 0 Å². The fourth-order valence-corrected chi connectivity index (χ4v) is 4.23. The fourth-order valence-electron chi connectivity index (χ4n) is 3.46. The minimum atomic E-state index is -3.29. The molecule has 9 heteroatoms. The van der Waals surface area contributed by atoms with E-state index in [1.165, 1.54) is 0 Å². The Kier molecular flexibility index (Phi) is 4.61. The number of carbonyl (C=O) groups excluding carboxylic acids is 2. The molecule has 23 heavy (non-hydrogen) atoms. The topological polar surface area (TPSA) is 108 Å². The number of hydrogen-bond donors (Lipinski definition) is 3. The molecule has 2 heterocycles. The van der Waals surface area contributed by atoms with E-state index in [0.29, 0.717) is 38.4 Å². The molecule has 3 N–H and O–H groups in total. The van der Waals surface area contributed by atoms with Crippen molar-refractivity contribution >= 4 is 21.8 Å². The van der Waals surface area contributed by atoms with Crippen LogP contribution < -0.4 is 15.4 Å². The van der Waals surface area contributed by atoms with Crippen molar-refractivity contribution in [2.24, 2.45) is 0 Å². The first-order valence-electron chi connectivity index (χ1n) is 8.12. The number of amides is 2. The molecule has 130 valence electrons. The molecule has 3 rings (SSSR count). The molecule has 8 nitrogen and oxygen atoms in total. The molecular weight excluding hydrogens is 320 g/mol. The van der Waals surface area contributed by atoms with Gasteiger partial charge >= 0.3 is 0 Å². The number of piperazine rings is 1. The summed E-state index contributed by atoms with van der Waals surface area (Å²) in [5.74, 6) is 0.00689. The Morgan fingerprint density at radius 1 is 1.35 bits per heavy atom. The summed E-state index contributed by atoms with van der Waals surface area (Å²) < 4.78 is 25.4. The van der Waals surface area contributed by atoms with Crippen LogP contribution in [0.4, 0.5) is 0 Å². The third-order valence-corrected chi connectivity index (χ3v) is 5.41. The van der Waals surface area contributed by atoms with Crippen molar-refractivity contribution in [3.05, 3.63) is 0 Å². The quantitative estimate of drug-likeness (QED) is 0.546. The molecule has 0 spiro atoms. The highest BCUT2D eigenvalue weighted by atomic mass is 32.2. The predicted molar refractivity (Wildman–Crippen MR) is 84.1 cm³/mol. The van der Waals surface area contributed by atoms with Gasteiger partial charge in [-0.25, -0.2) is 13.1 Å². The highest BCUT2D eigenvalue weighted by Gasteiger charge is 2.44. The number of nitrogens with one attached hydrogen (secondary N) is 3. The van der Waals surface area contributed by atoms with Crippen LogP contribution in [-0.4, -0.2) is 68.6 Å². The van der Waals surface area contributed by atoms with E-state index in [1.54, 1.807) is 0 Å². The van der Waals surface area contributed by atoms with Gasteiger partial charge in [0.15, 0.2) is 0 Å². The van der Waals surface area contributed by atoms with Gasteiger partial charge in [0, 0.05) is 37.6 Å². The summed E-state index contributed by atoms with van der Waals surface area (Å²) in [4.78, 5) is 25.9. The van der Waals surface area contributed by atoms with E-state index < -0.39 is 10.0 Å². The Hall–Kier alpha value is -1.19. The van der Waals surface area contributed by atoms with Crippen LogP contribution >= 0.6 is 0 Å². The van der Waals surface area contributed by atoms with Crippen LogP contribution in [0.3, 0.4) is 0 Å². The number of nitrogens with zero attached hydrogens (tertiary/aromatic N) is 1. The monoisotopic (exact) mass is 344 g/mol. The summed E-state index contributed by atoms with van der Waals surface area (Å²) in [6.07, 6.45) is 4.84. The zero-order valence-electron chi connectivity index (χ0n) is 13.2. The summed E-state index contributed by atoms with van der Waals surface area (Å²) in [5, 5.41) is 5.84. The van der Waals surface area contributed by atoms with Crippen LogP contribution in [0.1, 0.15) is 32.1 Å².